The lowest BCUT2D eigenvalue weighted by Crippen LogP contribution is -2.23. The number of benzene rings is 3. The molecule has 6 aromatic rings. The summed E-state index contributed by atoms with van der Waals surface area (Å²) in [5.74, 6) is 0.944. The lowest BCUT2D eigenvalue weighted by molar-refractivity contribution is 0.254. The fourth-order valence-electron chi connectivity index (χ4n) is 4.70. The van der Waals surface area contributed by atoms with Gasteiger partial charge in [0, 0.05) is 29.3 Å². The van der Waals surface area contributed by atoms with Crippen LogP contribution in [0.4, 0.5) is 4.39 Å². The standard InChI is InChI=1S/C29H20FN5O2S/c1-17-13-20-14-19(9-12-24(20)37-17)26-21(16-34(32-26)23-5-3-2-4-6-23)15-25-28(36)35-29(38-25)31-27(33-35)18-7-10-22(30)11-8-18/h2-12,14-17H,13H2,1H3/b25-15-/t17-/m0/s1. The maximum Gasteiger partial charge on any atom is 0.291 e. The predicted octanol–water partition coefficient (Wildman–Crippen LogP) is 4.68. The van der Waals surface area contributed by atoms with Gasteiger partial charge in [0.1, 0.15) is 23.4 Å². The number of fused-ring (bicyclic) bond motifs is 2. The highest BCUT2D eigenvalue weighted by atomic mass is 32.1. The number of nitrogens with zero attached hydrogens (tertiary/aromatic N) is 5. The summed E-state index contributed by atoms with van der Waals surface area (Å²) in [5, 5.41) is 9.28. The van der Waals surface area contributed by atoms with Gasteiger partial charge < -0.3 is 4.74 Å². The number of halogens is 1. The Morgan fingerprint density at radius 3 is 2.61 bits per heavy atom. The molecule has 0 N–H and O–H groups in total. The molecule has 0 fully saturated rings. The zero-order valence-corrected chi connectivity index (χ0v) is 21.0. The number of aromatic nitrogens is 5. The minimum Gasteiger partial charge on any atom is -0.490 e. The Labute approximate surface area is 220 Å². The quantitative estimate of drug-likeness (QED) is 0.337. The Bertz CT molecular complexity index is 1930. The van der Waals surface area contributed by atoms with E-state index in [0.717, 1.165) is 40.2 Å². The Morgan fingerprint density at radius 1 is 1.03 bits per heavy atom. The molecule has 1 aliphatic rings. The van der Waals surface area contributed by atoms with Crippen molar-refractivity contribution in [1.82, 2.24) is 24.4 Å². The molecule has 3 aromatic heterocycles. The fourth-order valence-corrected chi connectivity index (χ4v) is 5.59. The molecular formula is C29H20FN5O2S. The Balaban J connectivity index is 1.35. The van der Waals surface area contributed by atoms with Gasteiger partial charge in [0.15, 0.2) is 5.82 Å². The van der Waals surface area contributed by atoms with E-state index in [1.54, 1.807) is 12.1 Å². The van der Waals surface area contributed by atoms with Gasteiger partial charge >= 0.3 is 0 Å². The molecule has 7 nitrogen and oxygen atoms in total. The van der Waals surface area contributed by atoms with Crippen LogP contribution in [0.1, 0.15) is 18.1 Å². The molecule has 0 aliphatic carbocycles. The second-order valence-corrected chi connectivity index (χ2v) is 10.2. The third-order valence-electron chi connectivity index (χ3n) is 6.50. The van der Waals surface area contributed by atoms with Crippen LogP contribution in [0.25, 0.3) is 39.4 Å². The van der Waals surface area contributed by atoms with E-state index in [0.29, 0.717) is 20.9 Å². The summed E-state index contributed by atoms with van der Waals surface area (Å²) >= 11 is 1.26. The van der Waals surface area contributed by atoms with E-state index in [4.69, 9.17) is 9.84 Å². The molecule has 7 rings (SSSR count). The molecule has 0 saturated heterocycles. The van der Waals surface area contributed by atoms with E-state index in [-0.39, 0.29) is 17.5 Å². The third-order valence-corrected chi connectivity index (χ3v) is 7.46. The molecule has 38 heavy (non-hydrogen) atoms. The number of hydrogen-bond acceptors (Lipinski definition) is 6. The topological polar surface area (TPSA) is 74.3 Å². The zero-order chi connectivity index (χ0) is 25.8. The lowest BCUT2D eigenvalue weighted by Gasteiger charge is -2.04. The van der Waals surface area contributed by atoms with Crippen LogP contribution in [0, 0.1) is 5.82 Å². The second kappa shape index (κ2) is 8.74. The van der Waals surface area contributed by atoms with Crippen molar-refractivity contribution in [3.05, 3.63) is 111 Å². The van der Waals surface area contributed by atoms with Crippen molar-refractivity contribution in [2.45, 2.75) is 19.4 Å². The van der Waals surface area contributed by atoms with Crippen LogP contribution in [-0.4, -0.2) is 30.5 Å². The monoisotopic (exact) mass is 521 g/mol. The van der Waals surface area contributed by atoms with Gasteiger partial charge in [0.2, 0.25) is 4.96 Å². The summed E-state index contributed by atoms with van der Waals surface area (Å²) in [4.78, 5) is 18.3. The predicted molar refractivity (Wildman–Crippen MR) is 144 cm³/mol. The molecule has 186 valence electrons. The SMILES string of the molecule is C[C@H]1Cc2cc(-c3nn(-c4ccccc4)cc3/C=c3\sc4nc(-c5ccc(F)cc5)nn4c3=O)ccc2O1. The largest absolute Gasteiger partial charge is 0.490 e. The number of hydrogen-bond donors (Lipinski definition) is 0. The molecule has 0 bridgehead atoms. The first-order chi connectivity index (χ1) is 18.5. The van der Waals surface area contributed by atoms with Crippen molar-refractivity contribution in [1.29, 1.82) is 0 Å². The van der Waals surface area contributed by atoms with Crippen LogP contribution in [-0.2, 0) is 6.42 Å². The average Bonchev–Trinajstić information content (AvgIpc) is 3.69. The molecule has 4 heterocycles. The number of para-hydroxylation sites is 1. The molecule has 0 saturated carbocycles. The van der Waals surface area contributed by atoms with Crippen LogP contribution < -0.4 is 14.8 Å². The van der Waals surface area contributed by atoms with Crippen molar-refractivity contribution in [3.8, 4) is 34.1 Å². The van der Waals surface area contributed by atoms with E-state index in [2.05, 4.69) is 23.1 Å². The van der Waals surface area contributed by atoms with E-state index < -0.39 is 0 Å². The molecule has 1 aliphatic heterocycles. The Kier molecular flexibility index (Phi) is 5.19. The molecule has 9 heteroatoms. The van der Waals surface area contributed by atoms with Crippen LogP contribution in [0.2, 0.25) is 0 Å². The minimum absolute atomic E-state index is 0.144. The van der Waals surface area contributed by atoms with Crippen LogP contribution in [0.3, 0.4) is 0 Å². The van der Waals surface area contributed by atoms with Crippen molar-refractivity contribution >= 4 is 22.4 Å². The molecule has 3 aromatic carbocycles. The van der Waals surface area contributed by atoms with E-state index >= 15 is 0 Å². The molecule has 1 atom stereocenters. The van der Waals surface area contributed by atoms with Crippen molar-refractivity contribution in [2.75, 3.05) is 0 Å². The summed E-state index contributed by atoms with van der Waals surface area (Å²) in [6.07, 6.45) is 4.76. The minimum atomic E-state index is -0.339. The molecule has 0 radical (unpaired) electrons. The second-order valence-electron chi connectivity index (χ2n) is 9.22. The molecular weight excluding hydrogens is 501 g/mol. The number of thiazole rings is 1. The first-order valence-electron chi connectivity index (χ1n) is 12.1. The number of ether oxygens (including phenoxy) is 1. The Hall–Kier alpha value is -4.63. The maximum atomic E-state index is 13.3. The third kappa shape index (κ3) is 3.88. The summed E-state index contributed by atoms with van der Waals surface area (Å²) in [5.41, 5.74) is 4.97. The highest BCUT2D eigenvalue weighted by molar-refractivity contribution is 7.15. The highest BCUT2D eigenvalue weighted by Gasteiger charge is 2.21. The molecule has 0 unspecified atom stereocenters. The van der Waals surface area contributed by atoms with E-state index in [9.17, 15) is 9.18 Å². The van der Waals surface area contributed by atoms with Gasteiger partial charge in [-0.25, -0.2) is 9.07 Å². The smallest absolute Gasteiger partial charge is 0.291 e. The van der Waals surface area contributed by atoms with E-state index in [1.165, 1.54) is 28.0 Å². The van der Waals surface area contributed by atoms with Gasteiger partial charge in [-0.2, -0.15) is 14.6 Å². The fraction of sp³-hybridized carbons (Fsp3) is 0.103. The lowest BCUT2D eigenvalue weighted by atomic mass is 10.0. The van der Waals surface area contributed by atoms with Gasteiger partial charge in [-0.1, -0.05) is 29.5 Å². The summed E-state index contributed by atoms with van der Waals surface area (Å²) in [6.45, 7) is 2.06. The van der Waals surface area contributed by atoms with Crippen LogP contribution >= 0.6 is 11.3 Å². The van der Waals surface area contributed by atoms with Gasteiger partial charge in [0.25, 0.3) is 5.56 Å². The van der Waals surface area contributed by atoms with Gasteiger partial charge in [-0.3, -0.25) is 4.79 Å². The molecule has 0 amide bonds. The van der Waals surface area contributed by atoms with Gasteiger partial charge in [-0.05, 0) is 73.2 Å². The summed E-state index contributed by atoms with van der Waals surface area (Å²) in [6, 6.07) is 21.8. The summed E-state index contributed by atoms with van der Waals surface area (Å²) < 4.78 is 22.8. The first-order valence-corrected chi connectivity index (χ1v) is 13.0. The highest BCUT2D eigenvalue weighted by Crippen LogP contribution is 2.34. The van der Waals surface area contributed by atoms with Gasteiger partial charge in [0.05, 0.1) is 10.2 Å². The van der Waals surface area contributed by atoms with Crippen molar-refractivity contribution in [3.63, 3.8) is 0 Å². The Morgan fingerprint density at radius 2 is 1.82 bits per heavy atom. The summed E-state index contributed by atoms with van der Waals surface area (Å²) in [7, 11) is 0. The van der Waals surface area contributed by atoms with E-state index in [1.807, 2.05) is 59.4 Å². The first kappa shape index (κ1) is 22.6. The number of rotatable bonds is 4. The van der Waals surface area contributed by atoms with Crippen molar-refractivity contribution in [2.24, 2.45) is 0 Å². The van der Waals surface area contributed by atoms with Crippen LogP contribution in [0.5, 0.6) is 5.75 Å². The van der Waals surface area contributed by atoms with Gasteiger partial charge in [-0.15, -0.1) is 5.10 Å². The maximum absolute atomic E-state index is 13.3. The zero-order valence-electron chi connectivity index (χ0n) is 20.2. The van der Waals surface area contributed by atoms with Crippen molar-refractivity contribution < 1.29 is 9.13 Å². The molecule has 0 spiro atoms. The van der Waals surface area contributed by atoms with Crippen LogP contribution in [0.15, 0.2) is 83.8 Å². The average molecular weight is 522 g/mol. The normalized spacial score (nSPS) is 15.2.